The van der Waals surface area contributed by atoms with Gasteiger partial charge in [-0.3, -0.25) is 4.79 Å². The first kappa shape index (κ1) is 16.5. The summed E-state index contributed by atoms with van der Waals surface area (Å²) in [6, 6.07) is 5.53. The molecule has 0 aliphatic rings. The van der Waals surface area contributed by atoms with Crippen LogP contribution in [0.1, 0.15) is 50.4 Å². The van der Waals surface area contributed by atoms with Crippen LogP contribution in [0.15, 0.2) is 22.7 Å². The summed E-state index contributed by atoms with van der Waals surface area (Å²) in [6.07, 6.45) is 3.35. The predicted octanol–water partition coefficient (Wildman–Crippen LogP) is 5.14. The number of unbranched alkanes of at least 4 members (excludes halogenated alkanes) is 2. The van der Waals surface area contributed by atoms with E-state index in [1.54, 1.807) is 12.1 Å². The number of halogens is 2. The van der Waals surface area contributed by atoms with Crippen LogP contribution in [0, 0.1) is 0 Å². The van der Waals surface area contributed by atoms with E-state index in [-0.39, 0.29) is 11.9 Å². The Balaban J connectivity index is 2.86. The van der Waals surface area contributed by atoms with Gasteiger partial charge in [0.05, 0.1) is 0 Å². The molecule has 0 spiro atoms. The minimum atomic E-state index is 0.0503. The van der Waals surface area contributed by atoms with Crippen molar-refractivity contribution in [1.29, 1.82) is 0 Å². The second-order valence-corrected chi connectivity index (χ2v) is 6.31. The molecule has 1 aromatic rings. The summed E-state index contributed by atoms with van der Waals surface area (Å²) >= 11 is 9.38. The highest BCUT2D eigenvalue weighted by Crippen LogP contribution is 2.21. The van der Waals surface area contributed by atoms with Gasteiger partial charge < -0.3 is 4.90 Å². The molecule has 0 bridgehead atoms. The highest BCUT2D eigenvalue weighted by Gasteiger charge is 2.18. The third-order valence-corrected chi connectivity index (χ3v) is 3.67. The van der Waals surface area contributed by atoms with Crippen LogP contribution in [0.5, 0.6) is 0 Å². The van der Waals surface area contributed by atoms with Crippen molar-refractivity contribution in [2.45, 2.75) is 46.1 Å². The van der Waals surface area contributed by atoms with Crippen molar-refractivity contribution in [2.75, 3.05) is 6.54 Å². The van der Waals surface area contributed by atoms with Gasteiger partial charge in [0, 0.05) is 27.6 Å². The molecule has 0 N–H and O–H groups in total. The predicted molar refractivity (Wildman–Crippen MR) is 84.8 cm³/mol. The molecule has 19 heavy (non-hydrogen) atoms. The van der Waals surface area contributed by atoms with Crippen LogP contribution < -0.4 is 0 Å². The van der Waals surface area contributed by atoms with Gasteiger partial charge in [-0.1, -0.05) is 47.3 Å². The zero-order chi connectivity index (χ0) is 14.4. The normalized spacial score (nSPS) is 10.8. The Hall–Kier alpha value is -0.540. The Kier molecular flexibility index (Phi) is 6.87. The van der Waals surface area contributed by atoms with E-state index in [9.17, 15) is 4.79 Å². The molecule has 1 aromatic carbocycles. The van der Waals surface area contributed by atoms with E-state index in [4.69, 9.17) is 11.6 Å². The second kappa shape index (κ2) is 7.91. The van der Waals surface area contributed by atoms with Crippen LogP contribution in [0.2, 0.25) is 5.02 Å². The Morgan fingerprint density at radius 3 is 2.53 bits per heavy atom. The summed E-state index contributed by atoms with van der Waals surface area (Å²) in [5.74, 6) is 0.0503. The average Bonchev–Trinajstić information content (AvgIpc) is 2.32. The smallest absolute Gasteiger partial charge is 0.254 e. The van der Waals surface area contributed by atoms with Crippen LogP contribution in [-0.4, -0.2) is 23.4 Å². The molecule has 2 nitrogen and oxygen atoms in total. The van der Waals surface area contributed by atoms with Crippen LogP contribution >= 0.6 is 27.5 Å². The maximum Gasteiger partial charge on any atom is 0.254 e. The SMILES string of the molecule is CCCCCN(C(=O)c1cc(Cl)cc(Br)c1)C(C)C. The van der Waals surface area contributed by atoms with E-state index < -0.39 is 0 Å². The Morgan fingerprint density at radius 1 is 1.32 bits per heavy atom. The lowest BCUT2D eigenvalue weighted by molar-refractivity contribution is 0.0702. The largest absolute Gasteiger partial charge is 0.336 e. The molecule has 0 heterocycles. The number of hydrogen-bond acceptors (Lipinski definition) is 1. The first-order valence-electron chi connectivity index (χ1n) is 6.72. The molecule has 106 valence electrons. The summed E-state index contributed by atoms with van der Waals surface area (Å²) in [5.41, 5.74) is 0.643. The van der Waals surface area contributed by atoms with Crippen molar-refractivity contribution in [2.24, 2.45) is 0 Å². The van der Waals surface area contributed by atoms with Crippen molar-refractivity contribution < 1.29 is 4.79 Å². The maximum atomic E-state index is 12.5. The van der Waals surface area contributed by atoms with Gasteiger partial charge in [0.1, 0.15) is 0 Å². The number of carbonyl (C=O) groups is 1. The van der Waals surface area contributed by atoms with Gasteiger partial charge in [-0.05, 0) is 38.5 Å². The minimum absolute atomic E-state index is 0.0503. The maximum absolute atomic E-state index is 12.5. The van der Waals surface area contributed by atoms with Gasteiger partial charge in [0.2, 0.25) is 0 Å². The lowest BCUT2D eigenvalue weighted by Crippen LogP contribution is -2.37. The van der Waals surface area contributed by atoms with Gasteiger partial charge in [0.15, 0.2) is 0 Å². The fourth-order valence-corrected chi connectivity index (χ4v) is 2.83. The van der Waals surface area contributed by atoms with E-state index in [0.717, 1.165) is 30.3 Å². The van der Waals surface area contributed by atoms with Gasteiger partial charge >= 0.3 is 0 Å². The molecule has 0 fully saturated rings. The number of carbonyl (C=O) groups excluding carboxylic acids is 1. The second-order valence-electron chi connectivity index (χ2n) is 4.96. The number of amides is 1. The number of benzene rings is 1. The van der Waals surface area contributed by atoms with Gasteiger partial charge in [-0.2, -0.15) is 0 Å². The zero-order valence-electron chi connectivity index (χ0n) is 11.7. The average molecular weight is 347 g/mol. The lowest BCUT2D eigenvalue weighted by atomic mass is 10.1. The Labute approximate surface area is 129 Å². The number of nitrogens with zero attached hydrogens (tertiary/aromatic N) is 1. The molecule has 0 radical (unpaired) electrons. The molecule has 0 saturated carbocycles. The Bertz CT molecular complexity index is 414. The fourth-order valence-electron chi connectivity index (χ4n) is 1.97. The highest BCUT2D eigenvalue weighted by molar-refractivity contribution is 9.10. The van der Waals surface area contributed by atoms with Gasteiger partial charge in [0.25, 0.3) is 5.91 Å². The number of hydrogen-bond donors (Lipinski definition) is 0. The van der Waals surface area contributed by atoms with E-state index >= 15 is 0 Å². The van der Waals surface area contributed by atoms with E-state index in [0.29, 0.717) is 10.6 Å². The van der Waals surface area contributed by atoms with Crippen molar-refractivity contribution in [1.82, 2.24) is 4.90 Å². The summed E-state index contributed by atoms with van der Waals surface area (Å²) in [6.45, 7) is 7.05. The third-order valence-electron chi connectivity index (χ3n) is 3.00. The molecule has 0 saturated heterocycles. The van der Waals surface area contributed by atoms with Gasteiger partial charge in [-0.25, -0.2) is 0 Å². The highest BCUT2D eigenvalue weighted by atomic mass is 79.9. The van der Waals surface area contributed by atoms with Crippen molar-refractivity contribution in [3.05, 3.63) is 33.3 Å². The molecule has 0 atom stereocenters. The minimum Gasteiger partial charge on any atom is -0.336 e. The van der Waals surface area contributed by atoms with Crippen molar-refractivity contribution >= 4 is 33.4 Å². The van der Waals surface area contributed by atoms with Crippen LogP contribution in [0.4, 0.5) is 0 Å². The first-order chi connectivity index (χ1) is 8.95. The van der Waals surface area contributed by atoms with E-state index in [1.165, 1.54) is 0 Å². The Morgan fingerprint density at radius 2 is 2.00 bits per heavy atom. The zero-order valence-corrected chi connectivity index (χ0v) is 14.1. The molecular formula is C15H21BrClNO. The molecule has 4 heteroatoms. The van der Waals surface area contributed by atoms with Crippen LogP contribution in [-0.2, 0) is 0 Å². The molecule has 0 aliphatic heterocycles. The molecule has 1 amide bonds. The molecule has 0 aromatic heterocycles. The molecule has 0 unspecified atom stereocenters. The monoisotopic (exact) mass is 345 g/mol. The quantitative estimate of drug-likeness (QED) is 0.653. The fraction of sp³-hybridized carbons (Fsp3) is 0.533. The van der Waals surface area contributed by atoms with E-state index in [2.05, 4.69) is 22.9 Å². The van der Waals surface area contributed by atoms with Crippen molar-refractivity contribution in [3.8, 4) is 0 Å². The summed E-state index contributed by atoms with van der Waals surface area (Å²) in [5, 5.41) is 0.579. The molecule has 0 aliphatic carbocycles. The standard InChI is InChI=1S/C15H21BrClNO/c1-4-5-6-7-18(11(2)3)15(19)12-8-13(16)10-14(17)9-12/h8-11H,4-7H2,1-3H3. The van der Waals surface area contributed by atoms with Crippen LogP contribution in [0.25, 0.3) is 0 Å². The summed E-state index contributed by atoms with van der Waals surface area (Å²) in [4.78, 5) is 14.4. The summed E-state index contributed by atoms with van der Waals surface area (Å²) in [7, 11) is 0. The number of rotatable bonds is 6. The summed E-state index contributed by atoms with van der Waals surface area (Å²) < 4.78 is 0.834. The third kappa shape index (κ3) is 5.15. The molecular weight excluding hydrogens is 326 g/mol. The molecule has 1 rings (SSSR count). The topological polar surface area (TPSA) is 20.3 Å². The van der Waals surface area contributed by atoms with Crippen molar-refractivity contribution in [3.63, 3.8) is 0 Å². The lowest BCUT2D eigenvalue weighted by Gasteiger charge is -2.27. The first-order valence-corrected chi connectivity index (χ1v) is 7.89. The van der Waals surface area contributed by atoms with E-state index in [1.807, 2.05) is 24.8 Å². The van der Waals surface area contributed by atoms with Crippen LogP contribution in [0.3, 0.4) is 0 Å². The van der Waals surface area contributed by atoms with Gasteiger partial charge in [-0.15, -0.1) is 0 Å².